The highest BCUT2D eigenvalue weighted by molar-refractivity contribution is 6.13. The first kappa shape index (κ1) is 48.3. The van der Waals surface area contributed by atoms with E-state index in [1.807, 2.05) is 69.4 Å². The molecule has 15 heteroatoms. The fraction of sp³-hybridized carbons (Fsp3) is 0.464. The normalized spacial score (nSPS) is 21.9. The Kier molecular flexibility index (Phi) is 13.2. The van der Waals surface area contributed by atoms with E-state index < -0.39 is 17.4 Å². The average molecular weight is 963 g/mol. The molecule has 3 aromatic heterocycles. The van der Waals surface area contributed by atoms with Crippen LogP contribution in [0.4, 0.5) is 15.9 Å². The van der Waals surface area contributed by atoms with Crippen molar-refractivity contribution in [1.29, 1.82) is 0 Å². The SMILES string of the molecule is CNc1ccc(-c2ccnc3c2cc([C@H](C)N2CC=C(c4c(C)cc(C(=O)N5CCC(CN6CCN(Cc7ccc8c(c7)C(C)(C)C(=O)N8C7CCC(=O)NC7=O)C[C@@H]6C)CC5)cc4F)CC2)n3C)cn1. The van der Waals surface area contributed by atoms with Crippen molar-refractivity contribution in [3.63, 3.8) is 0 Å². The number of carbonyl (C=O) groups is 4. The van der Waals surface area contributed by atoms with E-state index in [2.05, 4.69) is 86.1 Å². The van der Waals surface area contributed by atoms with Gasteiger partial charge in [0.15, 0.2) is 0 Å². The topological polar surface area (TPSA) is 139 Å². The number of hydrogen-bond donors (Lipinski definition) is 2. The molecule has 2 N–H and O–H groups in total. The molecule has 8 heterocycles. The van der Waals surface area contributed by atoms with Crippen LogP contribution in [-0.4, -0.2) is 129 Å². The molecule has 372 valence electrons. The van der Waals surface area contributed by atoms with Crippen molar-refractivity contribution in [1.82, 2.24) is 39.5 Å². The summed E-state index contributed by atoms with van der Waals surface area (Å²) in [5.74, 6) is 0.0490. The number of rotatable bonds is 11. The number of likely N-dealkylation sites (tertiary alicyclic amines) is 1. The van der Waals surface area contributed by atoms with Gasteiger partial charge in [-0.2, -0.15) is 0 Å². The molecular formula is C56H67FN10O4. The van der Waals surface area contributed by atoms with Crippen molar-refractivity contribution in [3.8, 4) is 11.1 Å². The summed E-state index contributed by atoms with van der Waals surface area (Å²) in [7, 11) is 3.93. The molecule has 10 rings (SSSR count). The predicted octanol–water partition coefficient (Wildman–Crippen LogP) is 7.46. The van der Waals surface area contributed by atoms with E-state index in [1.54, 1.807) is 4.90 Å². The van der Waals surface area contributed by atoms with Crippen molar-refractivity contribution in [2.75, 3.05) is 69.6 Å². The fourth-order valence-corrected chi connectivity index (χ4v) is 12.0. The van der Waals surface area contributed by atoms with Crippen molar-refractivity contribution < 1.29 is 23.6 Å². The maximum absolute atomic E-state index is 16.2. The van der Waals surface area contributed by atoms with E-state index >= 15 is 4.39 Å². The monoisotopic (exact) mass is 963 g/mol. The van der Waals surface area contributed by atoms with Crippen LogP contribution in [0.1, 0.15) is 104 Å². The fourth-order valence-electron chi connectivity index (χ4n) is 12.0. The zero-order chi connectivity index (χ0) is 49.9. The van der Waals surface area contributed by atoms with Crippen LogP contribution < -0.4 is 15.5 Å². The summed E-state index contributed by atoms with van der Waals surface area (Å²) in [6, 6.07) is 17.6. The van der Waals surface area contributed by atoms with Crippen LogP contribution >= 0.6 is 0 Å². The van der Waals surface area contributed by atoms with Gasteiger partial charge in [-0.15, -0.1) is 0 Å². The summed E-state index contributed by atoms with van der Waals surface area (Å²) in [5, 5.41) is 6.58. The van der Waals surface area contributed by atoms with Gasteiger partial charge in [-0.1, -0.05) is 18.2 Å². The number of carbonyl (C=O) groups excluding carboxylic acids is 4. The number of amides is 4. The number of nitrogens with zero attached hydrogens (tertiary/aromatic N) is 8. The number of pyridine rings is 2. The number of halogens is 1. The summed E-state index contributed by atoms with van der Waals surface area (Å²) in [6.45, 7) is 17.6. The van der Waals surface area contributed by atoms with Crippen LogP contribution in [0.15, 0.2) is 73.1 Å². The second-order valence-electron chi connectivity index (χ2n) is 21.1. The summed E-state index contributed by atoms with van der Waals surface area (Å²) in [5.41, 5.74) is 9.07. The van der Waals surface area contributed by atoms with Crippen molar-refractivity contribution in [3.05, 3.63) is 112 Å². The number of piperazine rings is 1. The molecule has 5 aliphatic rings. The van der Waals surface area contributed by atoms with Gasteiger partial charge < -0.3 is 14.8 Å². The smallest absolute Gasteiger partial charge is 0.253 e. The maximum atomic E-state index is 16.2. The molecule has 0 bridgehead atoms. The third kappa shape index (κ3) is 9.16. The zero-order valence-electron chi connectivity index (χ0n) is 42.2. The van der Waals surface area contributed by atoms with E-state index in [1.165, 1.54) is 6.07 Å². The standard InChI is InChI=1S/C56H67FN10O4/c1-34-26-41(28-45(57)51(34)39-17-22-64(23-18-39)36(3)48-29-43-42(14-19-59-52(43)62(48)7)40-9-12-49(58-6)60-30-40)54(70)65-20-15-37(16-21-65)33-66-25-24-63(31-35(66)2)32-38-8-10-46-44(27-38)56(4,5)55(71)67(46)47-11-13-50(68)61-53(47)69/h8-10,12,14,17,19,26-30,35-37,47H,11,13,15-16,18,20-25,31-33H2,1-7H3,(H,58,60)(H,61,68,69)/t35-,36-,47?/m0/s1. The lowest BCUT2D eigenvalue weighted by Gasteiger charge is -2.42. The van der Waals surface area contributed by atoms with E-state index in [9.17, 15) is 19.2 Å². The van der Waals surface area contributed by atoms with E-state index in [-0.39, 0.29) is 36.0 Å². The van der Waals surface area contributed by atoms with Crippen molar-refractivity contribution in [2.45, 2.75) is 96.8 Å². The largest absolute Gasteiger partial charge is 0.373 e. The second-order valence-corrected chi connectivity index (χ2v) is 21.1. The Morgan fingerprint density at radius 2 is 1.76 bits per heavy atom. The molecule has 4 amide bonds. The first-order valence-corrected chi connectivity index (χ1v) is 25.5. The number of aromatic nitrogens is 3. The van der Waals surface area contributed by atoms with Gasteiger partial charge in [0.1, 0.15) is 23.3 Å². The van der Waals surface area contributed by atoms with Gasteiger partial charge in [0.2, 0.25) is 17.7 Å². The Bertz CT molecular complexity index is 2920. The first-order valence-electron chi connectivity index (χ1n) is 25.5. The molecule has 0 spiro atoms. The minimum Gasteiger partial charge on any atom is -0.373 e. The van der Waals surface area contributed by atoms with Crippen LogP contribution in [0.5, 0.6) is 0 Å². The van der Waals surface area contributed by atoms with E-state index in [0.29, 0.717) is 55.6 Å². The highest BCUT2D eigenvalue weighted by Crippen LogP contribution is 2.44. The van der Waals surface area contributed by atoms with Crippen LogP contribution in [0.2, 0.25) is 0 Å². The Morgan fingerprint density at radius 1 is 0.958 bits per heavy atom. The van der Waals surface area contributed by atoms with E-state index in [4.69, 9.17) is 4.98 Å². The van der Waals surface area contributed by atoms with Gasteiger partial charge in [-0.25, -0.2) is 14.4 Å². The minimum atomic E-state index is -0.777. The Labute approximate surface area is 416 Å². The van der Waals surface area contributed by atoms with Gasteiger partial charge in [0.05, 0.1) is 5.41 Å². The number of imide groups is 1. The quantitative estimate of drug-likeness (QED) is 0.128. The number of benzene rings is 2. The molecular weight excluding hydrogens is 896 g/mol. The highest BCUT2D eigenvalue weighted by Gasteiger charge is 2.49. The lowest BCUT2D eigenvalue weighted by molar-refractivity contribution is -0.136. The molecule has 3 atom stereocenters. The number of nitrogens with one attached hydrogen (secondary N) is 2. The van der Waals surface area contributed by atoms with Gasteiger partial charge >= 0.3 is 0 Å². The van der Waals surface area contributed by atoms with E-state index in [0.717, 1.165) is 114 Å². The summed E-state index contributed by atoms with van der Waals surface area (Å²) in [6.07, 6.45) is 8.98. The third-order valence-electron chi connectivity index (χ3n) is 16.3. The van der Waals surface area contributed by atoms with Crippen LogP contribution in [0.3, 0.4) is 0 Å². The summed E-state index contributed by atoms with van der Waals surface area (Å²) >= 11 is 0. The number of anilines is 2. The number of piperidine rings is 2. The molecule has 3 fully saturated rings. The lowest BCUT2D eigenvalue weighted by Crippen LogP contribution is -2.55. The molecule has 1 unspecified atom stereocenters. The third-order valence-corrected chi connectivity index (χ3v) is 16.3. The molecule has 0 saturated carbocycles. The summed E-state index contributed by atoms with van der Waals surface area (Å²) in [4.78, 5) is 72.4. The van der Waals surface area contributed by atoms with Crippen molar-refractivity contribution in [2.24, 2.45) is 13.0 Å². The molecule has 5 aromatic rings. The number of fused-ring (bicyclic) bond motifs is 2. The number of hydrogen-bond acceptors (Lipinski definition) is 10. The molecule has 0 aliphatic carbocycles. The van der Waals surface area contributed by atoms with Crippen LogP contribution in [0, 0.1) is 18.7 Å². The van der Waals surface area contributed by atoms with Crippen molar-refractivity contribution >= 4 is 51.7 Å². The lowest BCUT2D eigenvalue weighted by atomic mass is 9.85. The van der Waals surface area contributed by atoms with Gasteiger partial charge in [0, 0.05) is 137 Å². The Hall–Kier alpha value is -6.29. The van der Waals surface area contributed by atoms with Gasteiger partial charge in [-0.3, -0.25) is 44.1 Å². The molecule has 0 radical (unpaired) electrons. The van der Waals surface area contributed by atoms with Crippen LogP contribution in [0.25, 0.3) is 27.7 Å². The van der Waals surface area contributed by atoms with Gasteiger partial charge in [0.25, 0.3) is 5.91 Å². The average Bonchev–Trinajstić information content (AvgIpc) is 3.80. The zero-order valence-corrected chi connectivity index (χ0v) is 42.2. The Balaban J connectivity index is 0.712. The molecule has 71 heavy (non-hydrogen) atoms. The molecule has 2 aromatic carbocycles. The summed E-state index contributed by atoms with van der Waals surface area (Å²) < 4.78 is 18.3. The number of aryl methyl sites for hydroxylation is 2. The maximum Gasteiger partial charge on any atom is 0.253 e. The molecule has 5 aliphatic heterocycles. The predicted molar refractivity (Wildman–Crippen MR) is 275 cm³/mol. The highest BCUT2D eigenvalue weighted by atomic mass is 19.1. The minimum absolute atomic E-state index is 0.0987. The van der Waals surface area contributed by atoms with Crippen LogP contribution in [-0.2, 0) is 33.4 Å². The molecule has 3 saturated heterocycles. The Morgan fingerprint density at radius 3 is 2.45 bits per heavy atom. The van der Waals surface area contributed by atoms with Gasteiger partial charge in [-0.05, 0) is 137 Å². The first-order chi connectivity index (χ1) is 34.1. The molecule has 14 nitrogen and oxygen atoms in total. The second kappa shape index (κ2) is 19.4.